The quantitative estimate of drug-likeness (QED) is 0.247. The average Bonchev–Trinajstić information content (AvgIpc) is 2.85. The third-order valence-corrected chi connectivity index (χ3v) is 8.61. The van der Waals surface area contributed by atoms with Crippen molar-refractivity contribution in [2.45, 2.75) is 69.9 Å². The van der Waals surface area contributed by atoms with E-state index in [0.29, 0.717) is 17.7 Å². The fourth-order valence-corrected chi connectivity index (χ4v) is 6.29. The van der Waals surface area contributed by atoms with E-state index in [0.717, 1.165) is 0 Å². The molecule has 1 aromatic rings. The maximum Gasteiger partial charge on any atom is 0.309 e. The molecule has 0 radical (unpaired) electrons. The lowest BCUT2D eigenvalue weighted by Gasteiger charge is -2.29. The van der Waals surface area contributed by atoms with Gasteiger partial charge in [-0.05, 0) is 36.1 Å². The number of carbonyl (C=O) groups is 4. The number of aliphatic hydroxyl groups is 1. The van der Waals surface area contributed by atoms with Gasteiger partial charge in [-0.25, -0.2) is 4.39 Å². The molecule has 2 aliphatic heterocycles. The van der Waals surface area contributed by atoms with E-state index in [2.05, 4.69) is 16.0 Å². The second kappa shape index (κ2) is 14.5. The van der Waals surface area contributed by atoms with Gasteiger partial charge in [0.2, 0.25) is 17.7 Å². The van der Waals surface area contributed by atoms with Crippen molar-refractivity contribution >= 4 is 45.3 Å². The summed E-state index contributed by atoms with van der Waals surface area (Å²) in [6.07, 6.45) is 1.42. The largest absolute Gasteiger partial charge is 0.457 e. The summed E-state index contributed by atoms with van der Waals surface area (Å²) in [7, 11) is 2.95. The van der Waals surface area contributed by atoms with Gasteiger partial charge in [-0.3, -0.25) is 19.2 Å². The number of halogens is 1. The monoisotopic (exact) mass is 567 g/mol. The van der Waals surface area contributed by atoms with Crippen LogP contribution < -0.4 is 16.0 Å². The molecule has 1 saturated heterocycles. The molecule has 208 valence electrons. The van der Waals surface area contributed by atoms with E-state index in [1.807, 2.05) is 6.08 Å². The number of hydrogen-bond donors (Lipinski definition) is 4. The second-order valence-electron chi connectivity index (χ2n) is 9.62. The number of nitrogens with one attached hydrogen (secondary N) is 3. The van der Waals surface area contributed by atoms with E-state index in [9.17, 15) is 28.7 Å². The zero-order valence-corrected chi connectivity index (χ0v) is 23.0. The number of aliphatic hydroxyl groups excluding tert-OH is 1. The average molecular weight is 568 g/mol. The highest BCUT2D eigenvalue weighted by Gasteiger charge is 2.33. The Bertz CT molecular complexity index is 1020. The number of fused-ring (bicyclic) bond motifs is 7. The van der Waals surface area contributed by atoms with E-state index in [1.165, 1.54) is 45.9 Å². The van der Waals surface area contributed by atoms with Crippen molar-refractivity contribution in [3.05, 3.63) is 47.8 Å². The smallest absolute Gasteiger partial charge is 0.309 e. The van der Waals surface area contributed by atoms with Gasteiger partial charge in [0.05, 0.1) is 25.0 Å². The van der Waals surface area contributed by atoms with Crippen LogP contribution in [0.5, 0.6) is 0 Å². The number of carbonyl (C=O) groups excluding carboxylic acids is 4. The molecule has 12 heteroatoms. The Morgan fingerprint density at radius 1 is 1.03 bits per heavy atom. The minimum atomic E-state index is -1.23. The van der Waals surface area contributed by atoms with Gasteiger partial charge >= 0.3 is 5.97 Å². The zero-order chi connectivity index (χ0) is 27.7. The lowest BCUT2D eigenvalue weighted by molar-refractivity contribution is -0.151. The summed E-state index contributed by atoms with van der Waals surface area (Å²) in [6, 6.07) is 2.76. The molecule has 2 aliphatic rings. The molecular weight excluding hydrogens is 533 g/mol. The summed E-state index contributed by atoms with van der Waals surface area (Å²) in [5, 5.41) is 19.0. The van der Waals surface area contributed by atoms with Crippen molar-refractivity contribution in [2.75, 3.05) is 11.5 Å². The molecule has 1 aromatic carbocycles. The number of allylic oxidation sites excluding steroid dienone is 1. The molecule has 0 aliphatic carbocycles. The second-order valence-corrected chi connectivity index (χ2v) is 12.2. The fraction of sp³-hybridized carbons (Fsp3) is 0.538. The molecular formula is C26H34FN3O6S2. The van der Waals surface area contributed by atoms with Crippen molar-refractivity contribution in [3.63, 3.8) is 0 Å². The first-order chi connectivity index (χ1) is 18.1. The summed E-state index contributed by atoms with van der Waals surface area (Å²) in [5.74, 6) is -2.04. The highest BCUT2D eigenvalue weighted by atomic mass is 33.1. The summed E-state index contributed by atoms with van der Waals surface area (Å²) >= 11 is 0. The molecule has 3 amide bonds. The number of hydrogen-bond acceptors (Lipinski definition) is 8. The number of amides is 3. The topological polar surface area (TPSA) is 134 Å². The third-order valence-electron chi connectivity index (χ3n) is 6.16. The Kier molecular flexibility index (Phi) is 11.5. The van der Waals surface area contributed by atoms with E-state index in [-0.39, 0.29) is 30.9 Å². The van der Waals surface area contributed by atoms with Crippen molar-refractivity contribution < 1.29 is 33.4 Å². The molecule has 4 N–H and O–H groups in total. The van der Waals surface area contributed by atoms with E-state index >= 15 is 0 Å². The predicted molar refractivity (Wildman–Crippen MR) is 145 cm³/mol. The molecule has 38 heavy (non-hydrogen) atoms. The Morgan fingerprint density at radius 2 is 1.76 bits per heavy atom. The van der Waals surface area contributed by atoms with Crippen LogP contribution in [-0.2, 0) is 30.3 Å². The Balaban J connectivity index is 1.99. The van der Waals surface area contributed by atoms with Gasteiger partial charge in [-0.2, -0.15) is 0 Å². The van der Waals surface area contributed by atoms with Crippen LogP contribution in [0, 0.1) is 11.7 Å². The summed E-state index contributed by atoms with van der Waals surface area (Å²) in [5.41, 5.74) is 0.611. The molecule has 1 fully saturated rings. The molecule has 5 atom stereocenters. The van der Waals surface area contributed by atoms with Gasteiger partial charge < -0.3 is 25.8 Å². The molecule has 9 nitrogen and oxygen atoms in total. The van der Waals surface area contributed by atoms with Crippen LogP contribution in [0.1, 0.15) is 38.7 Å². The molecule has 2 bridgehead atoms. The van der Waals surface area contributed by atoms with Gasteiger partial charge in [-0.15, -0.1) is 0 Å². The highest BCUT2D eigenvalue weighted by Crippen LogP contribution is 2.24. The highest BCUT2D eigenvalue weighted by molar-refractivity contribution is 8.76. The molecule has 0 spiro atoms. The predicted octanol–water partition coefficient (Wildman–Crippen LogP) is 1.89. The lowest BCUT2D eigenvalue weighted by Crippen LogP contribution is -2.58. The number of rotatable bonds is 3. The maximum atomic E-state index is 13.4. The molecule has 2 heterocycles. The Labute approximate surface area is 229 Å². The fourth-order valence-electron chi connectivity index (χ4n) is 4.13. The SMILES string of the molecule is CC(C)[C@H]1NC(=O)[C@@H]2CSSCC/C=C/[C@H](CC(=O)N[C@H](Cc3ccc(F)cc3)C(=O)N2)OC(=O)C[C@@H]1O. The Hall–Kier alpha value is -2.57. The van der Waals surface area contributed by atoms with Crippen LogP contribution in [0.25, 0.3) is 0 Å². The lowest BCUT2D eigenvalue weighted by atomic mass is 9.96. The van der Waals surface area contributed by atoms with Crippen molar-refractivity contribution in [1.82, 2.24) is 16.0 Å². The van der Waals surface area contributed by atoms with Crippen LogP contribution in [-0.4, -0.2) is 70.6 Å². The van der Waals surface area contributed by atoms with Crippen LogP contribution in [0.4, 0.5) is 4.39 Å². The van der Waals surface area contributed by atoms with Gasteiger partial charge in [-0.1, -0.05) is 53.6 Å². The number of benzene rings is 1. The van der Waals surface area contributed by atoms with Crippen LogP contribution in [0.3, 0.4) is 0 Å². The van der Waals surface area contributed by atoms with E-state index in [1.54, 1.807) is 19.9 Å². The summed E-state index contributed by atoms with van der Waals surface area (Å²) in [6.45, 7) is 3.61. The van der Waals surface area contributed by atoms with Crippen molar-refractivity contribution in [2.24, 2.45) is 5.92 Å². The molecule has 0 unspecified atom stereocenters. The van der Waals surface area contributed by atoms with Gasteiger partial charge in [0.25, 0.3) is 0 Å². The molecule has 0 saturated carbocycles. The standard InChI is InChI=1S/C26H34FN3O6S2/c1-15(2)24-21(31)13-23(33)36-18-5-3-4-10-37-38-14-20(26(35)30-24)29-25(34)19(28-22(32)12-18)11-16-6-8-17(27)9-7-16/h3,5-9,15,18-21,24,31H,4,10-14H2,1-2H3,(H,28,32)(H,29,34)(H,30,35)/b5-3+/t18-,19-,20+,21+,24-/m1/s1. The van der Waals surface area contributed by atoms with E-state index in [4.69, 9.17) is 4.74 Å². The van der Waals surface area contributed by atoms with E-state index < -0.39 is 59.8 Å². The Morgan fingerprint density at radius 3 is 2.47 bits per heavy atom. The van der Waals surface area contributed by atoms with Crippen molar-refractivity contribution in [1.29, 1.82) is 0 Å². The normalized spacial score (nSPS) is 29.1. The van der Waals surface area contributed by atoms with Crippen LogP contribution in [0.2, 0.25) is 0 Å². The molecule has 3 rings (SSSR count). The first-order valence-electron chi connectivity index (χ1n) is 12.6. The summed E-state index contributed by atoms with van der Waals surface area (Å²) in [4.78, 5) is 52.4. The minimum Gasteiger partial charge on any atom is -0.457 e. The summed E-state index contributed by atoms with van der Waals surface area (Å²) < 4.78 is 18.9. The number of esters is 1. The maximum absolute atomic E-state index is 13.4. The third kappa shape index (κ3) is 9.32. The zero-order valence-electron chi connectivity index (χ0n) is 21.4. The first kappa shape index (κ1) is 30.0. The van der Waals surface area contributed by atoms with Crippen LogP contribution in [0.15, 0.2) is 36.4 Å². The number of ether oxygens (including phenoxy) is 1. The van der Waals surface area contributed by atoms with Gasteiger partial charge in [0.1, 0.15) is 24.0 Å². The van der Waals surface area contributed by atoms with Crippen LogP contribution >= 0.6 is 21.6 Å². The van der Waals surface area contributed by atoms with Gasteiger partial charge in [0, 0.05) is 17.9 Å². The molecule has 0 aromatic heterocycles. The minimum absolute atomic E-state index is 0.0573. The van der Waals surface area contributed by atoms with Gasteiger partial charge in [0.15, 0.2) is 0 Å². The first-order valence-corrected chi connectivity index (χ1v) is 15.0. The van der Waals surface area contributed by atoms with Crippen molar-refractivity contribution in [3.8, 4) is 0 Å².